The number of hydrogen-bond acceptors (Lipinski definition) is 3. The number of rotatable bonds is 5. The van der Waals surface area contributed by atoms with Crippen LogP contribution in [0.3, 0.4) is 0 Å². The molecule has 4 nitrogen and oxygen atoms in total. The average Bonchev–Trinajstić information content (AvgIpc) is 2.42. The third kappa shape index (κ3) is 6.44. The van der Waals surface area contributed by atoms with Crippen molar-refractivity contribution in [2.45, 2.75) is 13.8 Å². The van der Waals surface area contributed by atoms with Gasteiger partial charge in [0.1, 0.15) is 6.61 Å². The Kier molecular flexibility index (Phi) is 6.41. The highest BCUT2D eigenvalue weighted by Crippen LogP contribution is 2.14. The zero-order valence-electron chi connectivity index (χ0n) is 13.2. The molecule has 0 aromatic heterocycles. The summed E-state index contributed by atoms with van der Waals surface area (Å²) >= 11 is 0. The Bertz CT molecular complexity index is 522. The van der Waals surface area contributed by atoms with E-state index in [2.05, 4.69) is 35.9 Å². The molecule has 0 unspecified atom stereocenters. The second-order valence-corrected chi connectivity index (χ2v) is 6.12. The topological polar surface area (TPSA) is 52.6 Å². The van der Waals surface area contributed by atoms with Crippen molar-refractivity contribution >= 4 is 5.91 Å². The van der Waals surface area contributed by atoms with E-state index in [0.717, 1.165) is 12.1 Å². The zero-order valence-corrected chi connectivity index (χ0v) is 13.2. The highest BCUT2D eigenvalue weighted by atomic mass is 16.2. The van der Waals surface area contributed by atoms with E-state index in [1.165, 1.54) is 0 Å². The van der Waals surface area contributed by atoms with Crippen LogP contribution in [0.4, 0.5) is 0 Å². The van der Waals surface area contributed by atoms with Crippen molar-refractivity contribution in [1.29, 1.82) is 0 Å². The molecule has 0 fully saturated rings. The van der Waals surface area contributed by atoms with Gasteiger partial charge in [-0.1, -0.05) is 25.7 Å². The minimum Gasteiger partial charge on any atom is -0.384 e. The Balaban J connectivity index is 2.60. The maximum atomic E-state index is 12.1. The number of nitrogens with zero attached hydrogens (tertiary/aromatic N) is 1. The Labute approximate surface area is 127 Å². The predicted molar refractivity (Wildman–Crippen MR) is 85.1 cm³/mol. The van der Waals surface area contributed by atoms with E-state index in [9.17, 15) is 4.79 Å². The Morgan fingerprint density at radius 1 is 1.29 bits per heavy atom. The van der Waals surface area contributed by atoms with Gasteiger partial charge in [0.2, 0.25) is 0 Å². The van der Waals surface area contributed by atoms with Gasteiger partial charge in [-0.15, -0.1) is 0 Å². The lowest BCUT2D eigenvalue weighted by molar-refractivity contribution is 0.0929. The van der Waals surface area contributed by atoms with E-state index < -0.39 is 0 Å². The number of aliphatic hydroxyl groups is 1. The molecule has 114 valence electrons. The molecule has 0 saturated heterocycles. The van der Waals surface area contributed by atoms with Gasteiger partial charge in [-0.25, -0.2) is 0 Å². The standard InChI is InChI=1S/C17H24N2O2/c1-17(2,13-19(3)4)12-18-16(21)15-9-7-14(8-10-15)6-5-11-20/h7-10,20H,11-13H2,1-4H3,(H,18,21). The van der Waals surface area contributed by atoms with E-state index in [1.807, 2.05) is 14.1 Å². The summed E-state index contributed by atoms with van der Waals surface area (Å²) < 4.78 is 0. The normalized spacial score (nSPS) is 11.0. The van der Waals surface area contributed by atoms with Crippen LogP contribution in [0.2, 0.25) is 0 Å². The summed E-state index contributed by atoms with van der Waals surface area (Å²) in [6.45, 7) is 5.62. The van der Waals surface area contributed by atoms with Crippen LogP contribution in [-0.2, 0) is 0 Å². The van der Waals surface area contributed by atoms with Crippen LogP contribution in [0.5, 0.6) is 0 Å². The molecule has 0 atom stereocenters. The number of carbonyl (C=O) groups is 1. The SMILES string of the molecule is CN(C)CC(C)(C)CNC(=O)c1ccc(C#CCO)cc1. The minimum absolute atomic E-state index is 0.0195. The molecule has 0 radical (unpaired) electrons. The molecule has 1 amide bonds. The number of nitrogens with one attached hydrogen (secondary N) is 1. The van der Waals surface area contributed by atoms with Crippen molar-refractivity contribution in [3.05, 3.63) is 35.4 Å². The van der Waals surface area contributed by atoms with E-state index in [1.54, 1.807) is 24.3 Å². The van der Waals surface area contributed by atoms with Gasteiger partial charge >= 0.3 is 0 Å². The quantitative estimate of drug-likeness (QED) is 0.804. The molecular formula is C17H24N2O2. The molecule has 1 aromatic rings. The van der Waals surface area contributed by atoms with E-state index in [0.29, 0.717) is 12.1 Å². The van der Waals surface area contributed by atoms with Crippen LogP contribution in [0.1, 0.15) is 29.8 Å². The molecule has 0 bridgehead atoms. The molecule has 0 heterocycles. The maximum absolute atomic E-state index is 12.1. The molecule has 21 heavy (non-hydrogen) atoms. The predicted octanol–water partition coefficient (Wildman–Crippen LogP) is 1.35. The first-order chi connectivity index (χ1) is 9.84. The van der Waals surface area contributed by atoms with Gasteiger partial charge in [-0.3, -0.25) is 4.79 Å². The summed E-state index contributed by atoms with van der Waals surface area (Å²) in [5.74, 6) is 5.30. The van der Waals surface area contributed by atoms with E-state index >= 15 is 0 Å². The average molecular weight is 288 g/mol. The van der Waals surface area contributed by atoms with Gasteiger partial charge in [0.15, 0.2) is 0 Å². The Morgan fingerprint density at radius 2 is 1.90 bits per heavy atom. The molecule has 1 rings (SSSR count). The molecule has 0 aliphatic heterocycles. The largest absolute Gasteiger partial charge is 0.384 e. The van der Waals surface area contributed by atoms with E-state index in [4.69, 9.17) is 5.11 Å². The number of amides is 1. The Morgan fingerprint density at radius 3 is 2.43 bits per heavy atom. The first-order valence-electron chi connectivity index (χ1n) is 6.97. The van der Waals surface area contributed by atoms with Crippen molar-refractivity contribution in [1.82, 2.24) is 10.2 Å². The van der Waals surface area contributed by atoms with Crippen molar-refractivity contribution in [3.63, 3.8) is 0 Å². The fourth-order valence-electron chi connectivity index (χ4n) is 2.18. The van der Waals surface area contributed by atoms with Crippen LogP contribution in [0.15, 0.2) is 24.3 Å². The molecule has 0 spiro atoms. The number of aliphatic hydroxyl groups excluding tert-OH is 1. The van der Waals surface area contributed by atoms with Crippen molar-refractivity contribution in [2.24, 2.45) is 5.41 Å². The molecule has 0 aliphatic rings. The summed E-state index contributed by atoms with van der Waals surface area (Å²) in [4.78, 5) is 14.2. The fraction of sp³-hybridized carbons (Fsp3) is 0.471. The second kappa shape index (κ2) is 7.82. The lowest BCUT2D eigenvalue weighted by Gasteiger charge is -2.28. The third-order valence-electron chi connectivity index (χ3n) is 2.93. The fourth-order valence-corrected chi connectivity index (χ4v) is 2.18. The number of carbonyl (C=O) groups excluding carboxylic acids is 1. The van der Waals surface area contributed by atoms with Crippen LogP contribution in [0, 0.1) is 17.3 Å². The third-order valence-corrected chi connectivity index (χ3v) is 2.93. The first kappa shape index (κ1) is 17.2. The first-order valence-corrected chi connectivity index (χ1v) is 6.97. The summed E-state index contributed by atoms with van der Waals surface area (Å²) in [6, 6.07) is 7.05. The number of hydrogen-bond donors (Lipinski definition) is 2. The van der Waals surface area contributed by atoms with Gasteiger partial charge in [-0.05, 0) is 43.8 Å². The maximum Gasteiger partial charge on any atom is 0.251 e. The van der Waals surface area contributed by atoms with Gasteiger partial charge in [0.05, 0.1) is 0 Å². The van der Waals surface area contributed by atoms with Gasteiger partial charge in [0, 0.05) is 24.2 Å². The summed E-state index contributed by atoms with van der Waals surface area (Å²) in [7, 11) is 4.05. The molecule has 0 aliphatic carbocycles. The van der Waals surface area contributed by atoms with Gasteiger partial charge in [0.25, 0.3) is 5.91 Å². The van der Waals surface area contributed by atoms with Gasteiger partial charge in [-0.2, -0.15) is 0 Å². The monoisotopic (exact) mass is 288 g/mol. The highest BCUT2D eigenvalue weighted by molar-refractivity contribution is 5.94. The number of benzene rings is 1. The molecule has 4 heteroatoms. The molecule has 2 N–H and O–H groups in total. The lowest BCUT2D eigenvalue weighted by atomic mass is 9.93. The summed E-state index contributed by atoms with van der Waals surface area (Å²) in [6.07, 6.45) is 0. The van der Waals surface area contributed by atoms with Crippen molar-refractivity contribution < 1.29 is 9.90 Å². The van der Waals surface area contributed by atoms with Crippen LogP contribution < -0.4 is 5.32 Å². The summed E-state index contributed by atoms with van der Waals surface area (Å²) in [5.41, 5.74) is 1.42. The van der Waals surface area contributed by atoms with Crippen LogP contribution >= 0.6 is 0 Å². The smallest absolute Gasteiger partial charge is 0.251 e. The highest BCUT2D eigenvalue weighted by Gasteiger charge is 2.20. The second-order valence-electron chi connectivity index (χ2n) is 6.12. The van der Waals surface area contributed by atoms with Gasteiger partial charge < -0.3 is 15.3 Å². The van der Waals surface area contributed by atoms with Crippen molar-refractivity contribution in [2.75, 3.05) is 33.8 Å². The minimum atomic E-state index is -0.163. The van der Waals surface area contributed by atoms with Crippen molar-refractivity contribution in [3.8, 4) is 11.8 Å². The zero-order chi connectivity index (χ0) is 15.9. The summed E-state index contributed by atoms with van der Waals surface area (Å²) in [5, 5.41) is 11.6. The lowest BCUT2D eigenvalue weighted by Crippen LogP contribution is -2.39. The Hall–Kier alpha value is -1.83. The van der Waals surface area contributed by atoms with Crippen LogP contribution in [-0.4, -0.2) is 49.7 Å². The van der Waals surface area contributed by atoms with Crippen LogP contribution in [0.25, 0.3) is 0 Å². The van der Waals surface area contributed by atoms with E-state index in [-0.39, 0.29) is 17.9 Å². The molecular weight excluding hydrogens is 264 g/mol. The molecule has 1 aromatic carbocycles. The molecule has 0 saturated carbocycles.